The van der Waals surface area contributed by atoms with Crippen molar-refractivity contribution in [3.8, 4) is 0 Å². The number of carbonyl (C=O) groups is 1. The first-order valence-corrected chi connectivity index (χ1v) is 3.91. The van der Waals surface area contributed by atoms with Crippen molar-refractivity contribution in [2.24, 2.45) is 0 Å². The van der Waals surface area contributed by atoms with E-state index >= 15 is 0 Å². The van der Waals surface area contributed by atoms with Crippen molar-refractivity contribution in [2.45, 2.75) is 45.3 Å². The van der Waals surface area contributed by atoms with Crippen LogP contribution in [0.1, 0.15) is 33.1 Å². The third kappa shape index (κ3) is 6.01. The standard InChI is InChI=1S/C8H16O3/c1-3-7(10)5-8(11)4-6(2)9/h7-8,10-11H,3-5H2,1-2H3/t7-,8-/m1/s1. The second kappa shape index (κ2) is 5.27. The molecule has 0 saturated carbocycles. The van der Waals surface area contributed by atoms with Crippen molar-refractivity contribution in [2.75, 3.05) is 0 Å². The maximum Gasteiger partial charge on any atom is 0.132 e. The third-order valence-electron chi connectivity index (χ3n) is 1.54. The number of carbonyl (C=O) groups excluding carboxylic acids is 1. The molecule has 0 radical (unpaired) electrons. The molecule has 0 aliphatic heterocycles. The van der Waals surface area contributed by atoms with Gasteiger partial charge < -0.3 is 10.2 Å². The van der Waals surface area contributed by atoms with Crippen LogP contribution in [-0.2, 0) is 4.79 Å². The highest BCUT2D eigenvalue weighted by Crippen LogP contribution is 2.05. The van der Waals surface area contributed by atoms with Crippen LogP contribution in [0, 0.1) is 0 Å². The maximum absolute atomic E-state index is 10.5. The van der Waals surface area contributed by atoms with Crippen LogP contribution in [0.15, 0.2) is 0 Å². The van der Waals surface area contributed by atoms with Crippen LogP contribution in [0.25, 0.3) is 0 Å². The Balaban J connectivity index is 3.51. The largest absolute Gasteiger partial charge is 0.393 e. The summed E-state index contributed by atoms with van der Waals surface area (Å²) in [6.07, 6.45) is -0.0888. The monoisotopic (exact) mass is 160 g/mol. The second-order valence-electron chi connectivity index (χ2n) is 2.86. The molecule has 3 heteroatoms. The molecule has 0 aromatic rings. The molecule has 66 valence electrons. The summed E-state index contributed by atoms with van der Waals surface area (Å²) in [4.78, 5) is 10.5. The molecule has 0 aromatic carbocycles. The van der Waals surface area contributed by atoms with E-state index in [1.165, 1.54) is 6.92 Å². The smallest absolute Gasteiger partial charge is 0.132 e. The van der Waals surface area contributed by atoms with Gasteiger partial charge in [0.2, 0.25) is 0 Å². The Morgan fingerprint density at radius 2 is 1.91 bits per heavy atom. The molecule has 2 atom stereocenters. The van der Waals surface area contributed by atoms with Gasteiger partial charge in [0, 0.05) is 6.42 Å². The average molecular weight is 160 g/mol. The van der Waals surface area contributed by atoms with Crippen molar-refractivity contribution in [3.63, 3.8) is 0 Å². The van der Waals surface area contributed by atoms with E-state index in [2.05, 4.69) is 0 Å². The van der Waals surface area contributed by atoms with Gasteiger partial charge in [0.15, 0.2) is 0 Å². The fourth-order valence-electron chi connectivity index (χ4n) is 0.896. The minimum absolute atomic E-state index is 0.0409. The van der Waals surface area contributed by atoms with Crippen LogP contribution in [0.3, 0.4) is 0 Å². The zero-order valence-corrected chi connectivity index (χ0v) is 7.08. The van der Waals surface area contributed by atoms with Gasteiger partial charge in [-0.2, -0.15) is 0 Å². The predicted molar refractivity (Wildman–Crippen MR) is 42.2 cm³/mol. The zero-order chi connectivity index (χ0) is 8.85. The molecule has 0 amide bonds. The van der Waals surface area contributed by atoms with Crippen LogP contribution in [0.5, 0.6) is 0 Å². The fraction of sp³-hybridized carbons (Fsp3) is 0.875. The number of Topliss-reactive ketones (excluding diaryl/α,β-unsaturated/α-hetero) is 1. The first kappa shape index (κ1) is 10.6. The first-order chi connectivity index (χ1) is 5.06. The number of hydrogen-bond donors (Lipinski definition) is 2. The van der Waals surface area contributed by atoms with E-state index in [1.54, 1.807) is 0 Å². The maximum atomic E-state index is 10.5. The Labute approximate surface area is 67.0 Å². The van der Waals surface area contributed by atoms with E-state index in [1.807, 2.05) is 6.92 Å². The van der Waals surface area contributed by atoms with Crippen molar-refractivity contribution in [1.29, 1.82) is 0 Å². The SMILES string of the molecule is CC[C@@H](O)C[C@H](O)CC(C)=O. The molecule has 0 unspecified atom stereocenters. The first-order valence-electron chi connectivity index (χ1n) is 3.91. The van der Waals surface area contributed by atoms with Gasteiger partial charge in [-0.25, -0.2) is 0 Å². The van der Waals surface area contributed by atoms with Crippen molar-refractivity contribution in [1.82, 2.24) is 0 Å². The van der Waals surface area contributed by atoms with Gasteiger partial charge in [-0.3, -0.25) is 4.79 Å². The van der Waals surface area contributed by atoms with Crippen molar-refractivity contribution < 1.29 is 15.0 Å². The summed E-state index contributed by atoms with van der Waals surface area (Å²) in [7, 11) is 0. The molecule has 3 nitrogen and oxygen atoms in total. The van der Waals surface area contributed by atoms with E-state index in [0.29, 0.717) is 12.8 Å². The summed E-state index contributed by atoms with van der Waals surface area (Å²) in [5.74, 6) is -0.0409. The van der Waals surface area contributed by atoms with E-state index in [4.69, 9.17) is 10.2 Å². The van der Waals surface area contributed by atoms with Gasteiger partial charge in [0.05, 0.1) is 12.2 Å². The second-order valence-corrected chi connectivity index (χ2v) is 2.86. The van der Waals surface area contributed by atoms with E-state index in [9.17, 15) is 4.79 Å². The van der Waals surface area contributed by atoms with Gasteiger partial charge >= 0.3 is 0 Å². The molecule has 0 spiro atoms. The molecule has 0 aliphatic carbocycles. The normalized spacial score (nSPS) is 16.0. The lowest BCUT2D eigenvalue weighted by Crippen LogP contribution is -2.19. The quantitative estimate of drug-likeness (QED) is 0.615. The van der Waals surface area contributed by atoms with E-state index in [-0.39, 0.29) is 12.2 Å². The van der Waals surface area contributed by atoms with Gasteiger partial charge in [-0.1, -0.05) is 6.92 Å². The number of ketones is 1. The van der Waals surface area contributed by atoms with Gasteiger partial charge in [-0.05, 0) is 19.8 Å². The lowest BCUT2D eigenvalue weighted by molar-refractivity contribution is -0.119. The number of hydrogen-bond acceptors (Lipinski definition) is 3. The lowest BCUT2D eigenvalue weighted by atomic mass is 10.1. The Bertz CT molecular complexity index is 123. The topological polar surface area (TPSA) is 57.5 Å². The van der Waals surface area contributed by atoms with Crippen LogP contribution in [0.2, 0.25) is 0 Å². The molecule has 2 N–H and O–H groups in total. The van der Waals surface area contributed by atoms with E-state index in [0.717, 1.165) is 0 Å². The molecular weight excluding hydrogens is 144 g/mol. The summed E-state index contributed by atoms with van der Waals surface area (Å²) in [6, 6.07) is 0. The highest BCUT2D eigenvalue weighted by molar-refractivity contribution is 5.75. The zero-order valence-electron chi connectivity index (χ0n) is 7.08. The predicted octanol–water partition coefficient (Wildman–Crippen LogP) is 0.487. The summed E-state index contributed by atoms with van der Waals surface area (Å²) < 4.78 is 0. The fourth-order valence-corrected chi connectivity index (χ4v) is 0.896. The van der Waals surface area contributed by atoms with Gasteiger partial charge in [0.25, 0.3) is 0 Å². The summed E-state index contributed by atoms with van der Waals surface area (Å²) in [6.45, 7) is 3.27. The lowest BCUT2D eigenvalue weighted by Gasteiger charge is -2.11. The average Bonchev–Trinajstić information content (AvgIpc) is 1.85. The molecule has 0 rings (SSSR count). The summed E-state index contributed by atoms with van der Waals surface area (Å²) in [5, 5.41) is 18.2. The summed E-state index contributed by atoms with van der Waals surface area (Å²) >= 11 is 0. The molecule has 0 aliphatic rings. The van der Waals surface area contributed by atoms with Gasteiger partial charge in [0.1, 0.15) is 5.78 Å². The van der Waals surface area contributed by atoms with Crippen molar-refractivity contribution >= 4 is 5.78 Å². The molecule has 0 bridgehead atoms. The number of aliphatic hydroxyl groups is 2. The summed E-state index contributed by atoms with van der Waals surface area (Å²) in [5.41, 5.74) is 0. The minimum atomic E-state index is -0.678. The Kier molecular flexibility index (Phi) is 5.07. The highest BCUT2D eigenvalue weighted by atomic mass is 16.3. The van der Waals surface area contributed by atoms with Crippen LogP contribution in [0.4, 0.5) is 0 Å². The van der Waals surface area contributed by atoms with E-state index < -0.39 is 12.2 Å². The number of aliphatic hydroxyl groups excluding tert-OH is 2. The highest BCUT2D eigenvalue weighted by Gasteiger charge is 2.11. The minimum Gasteiger partial charge on any atom is -0.393 e. The molecule has 11 heavy (non-hydrogen) atoms. The molecule has 0 aromatic heterocycles. The van der Waals surface area contributed by atoms with Crippen LogP contribution < -0.4 is 0 Å². The van der Waals surface area contributed by atoms with Gasteiger partial charge in [-0.15, -0.1) is 0 Å². The Hall–Kier alpha value is -0.410. The Morgan fingerprint density at radius 3 is 2.27 bits per heavy atom. The third-order valence-corrected chi connectivity index (χ3v) is 1.54. The molecule has 0 saturated heterocycles. The Morgan fingerprint density at radius 1 is 1.36 bits per heavy atom. The number of rotatable bonds is 5. The molecular formula is C8H16O3. The van der Waals surface area contributed by atoms with Crippen LogP contribution >= 0.6 is 0 Å². The van der Waals surface area contributed by atoms with Crippen LogP contribution in [-0.4, -0.2) is 28.2 Å². The van der Waals surface area contributed by atoms with Crippen molar-refractivity contribution in [3.05, 3.63) is 0 Å². The molecule has 0 heterocycles. The molecule has 0 fully saturated rings.